The van der Waals surface area contributed by atoms with E-state index in [-0.39, 0.29) is 0 Å². The molecule has 5 heteroatoms. The first kappa shape index (κ1) is 15.1. The van der Waals surface area contributed by atoms with Crippen LogP contribution in [0, 0.1) is 20.8 Å². The lowest BCUT2D eigenvalue weighted by molar-refractivity contribution is 0.939. The van der Waals surface area contributed by atoms with Crippen molar-refractivity contribution in [2.45, 2.75) is 31.7 Å². The highest BCUT2D eigenvalue weighted by atomic mass is 32.2. The Balaban J connectivity index is 1.85. The number of pyridine rings is 2. The van der Waals surface area contributed by atoms with Gasteiger partial charge in [-0.25, -0.2) is 0 Å². The van der Waals surface area contributed by atoms with Gasteiger partial charge in [0.2, 0.25) is 0 Å². The molecule has 0 spiro atoms. The average molecular weight is 334 g/mol. The molecule has 120 valence electrons. The monoisotopic (exact) mass is 334 g/mol. The summed E-state index contributed by atoms with van der Waals surface area (Å²) in [6.45, 7) is 6.39. The maximum atomic E-state index is 4.43. The summed E-state index contributed by atoms with van der Waals surface area (Å²) in [4.78, 5) is 4.18. The van der Waals surface area contributed by atoms with Crippen molar-refractivity contribution < 1.29 is 0 Å². The fourth-order valence-corrected chi connectivity index (χ4v) is 3.78. The van der Waals surface area contributed by atoms with Gasteiger partial charge in [-0.2, -0.15) is 0 Å². The fourth-order valence-electron chi connectivity index (χ4n) is 2.90. The molecule has 0 bridgehead atoms. The van der Waals surface area contributed by atoms with Crippen molar-refractivity contribution >= 4 is 28.3 Å². The molecule has 4 rings (SSSR count). The first-order chi connectivity index (χ1) is 11.6. The Morgan fingerprint density at radius 1 is 1.00 bits per heavy atom. The van der Waals surface area contributed by atoms with E-state index in [4.69, 9.17) is 0 Å². The van der Waals surface area contributed by atoms with Crippen LogP contribution in [0.1, 0.15) is 22.3 Å². The molecule has 24 heavy (non-hydrogen) atoms. The van der Waals surface area contributed by atoms with Gasteiger partial charge in [-0.05, 0) is 72.7 Å². The molecule has 1 aromatic carbocycles. The predicted molar refractivity (Wildman–Crippen MR) is 98.5 cm³/mol. The van der Waals surface area contributed by atoms with Crippen molar-refractivity contribution in [3.8, 4) is 0 Å². The molecule has 0 N–H and O–H groups in total. The van der Waals surface area contributed by atoms with Gasteiger partial charge in [-0.15, -0.1) is 10.2 Å². The molecule has 3 aromatic heterocycles. The normalized spacial score (nSPS) is 11.5. The van der Waals surface area contributed by atoms with E-state index < -0.39 is 0 Å². The predicted octanol–water partition coefficient (Wildman–Crippen LogP) is 4.50. The number of rotatable bonds is 3. The molecule has 0 aliphatic rings. The van der Waals surface area contributed by atoms with E-state index in [1.54, 1.807) is 18.0 Å². The molecule has 0 fully saturated rings. The third-order valence-corrected chi connectivity index (χ3v) is 5.33. The number of thioether (sulfide) groups is 1. The van der Waals surface area contributed by atoms with Crippen LogP contribution in [-0.2, 0) is 5.75 Å². The van der Waals surface area contributed by atoms with E-state index in [0.29, 0.717) is 0 Å². The maximum Gasteiger partial charge on any atom is 0.196 e. The first-order valence-electron chi connectivity index (χ1n) is 7.91. The Morgan fingerprint density at radius 2 is 1.79 bits per heavy atom. The SMILES string of the molecule is Cc1cc2cc(C)c3nnc(SCc4cccnc4)n3c2cc1C. The summed E-state index contributed by atoms with van der Waals surface area (Å²) in [6, 6.07) is 10.7. The summed E-state index contributed by atoms with van der Waals surface area (Å²) in [5.74, 6) is 0.828. The molecule has 0 saturated heterocycles. The van der Waals surface area contributed by atoms with Gasteiger partial charge in [0.25, 0.3) is 0 Å². The van der Waals surface area contributed by atoms with Crippen molar-refractivity contribution in [2.24, 2.45) is 0 Å². The molecule has 0 aliphatic carbocycles. The molecule has 0 unspecified atom stereocenters. The summed E-state index contributed by atoms with van der Waals surface area (Å²) in [5, 5.41) is 11.0. The second-order valence-electron chi connectivity index (χ2n) is 6.11. The smallest absolute Gasteiger partial charge is 0.196 e. The largest absolute Gasteiger partial charge is 0.270 e. The standard InChI is InChI=1S/C19H18N4S/c1-12-7-16-8-14(3)18-21-22-19(23(18)17(16)9-13(12)2)24-11-15-5-4-6-20-10-15/h4-10H,11H2,1-3H3. The van der Waals surface area contributed by atoms with Gasteiger partial charge >= 0.3 is 0 Å². The molecular formula is C19H18N4S. The lowest BCUT2D eigenvalue weighted by atomic mass is 10.0. The van der Waals surface area contributed by atoms with E-state index in [1.165, 1.54) is 22.1 Å². The van der Waals surface area contributed by atoms with Crippen molar-refractivity contribution in [3.63, 3.8) is 0 Å². The summed E-state index contributed by atoms with van der Waals surface area (Å²) >= 11 is 1.69. The van der Waals surface area contributed by atoms with Crippen LogP contribution in [0.15, 0.2) is 47.9 Å². The molecule has 0 atom stereocenters. The number of aryl methyl sites for hydroxylation is 3. The highest BCUT2D eigenvalue weighted by molar-refractivity contribution is 7.98. The minimum Gasteiger partial charge on any atom is -0.270 e. The zero-order valence-corrected chi connectivity index (χ0v) is 14.8. The Bertz CT molecular complexity index is 1040. The minimum absolute atomic E-state index is 0.828. The Kier molecular flexibility index (Phi) is 3.73. The molecule has 0 aliphatic heterocycles. The summed E-state index contributed by atoms with van der Waals surface area (Å²) in [5.41, 5.74) is 7.01. The number of hydrogen-bond donors (Lipinski definition) is 0. The van der Waals surface area contributed by atoms with Gasteiger partial charge in [-0.3, -0.25) is 9.38 Å². The fraction of sp³-hybridized carbons (Fsp3) is 0.211. The Labute approximate surface area is 144 Å². The van der Waals surface area contributed by atoms with Crippen LogP contribution in [0.2, 0.25) is 0 Å². The van der Waals surface area contributed by atoms with Crippen LogP contribution in [0.25, 0.3) is 16.6 Å². The maximum absolute atomic E-state index is 4.43. The molecule has 4 aromatic rings. The Hall–Kier alpha value is -2.40. The van der Waals surface area contributed by atoms with Crippen LogP contribution in [0.3, 0.4) is 0 Å². The molecule has 0 amide bonds. The van der Waals surface area contributed by atoms with Crippen LogP contribution in [0.4, 0.5) is 0 Å². The first-order valence-corrected chi connectivity index (χ1v) is 8.89. The highest BCUT2D eigenvalue weighted by Crippen LogP contribution is 2.28. The third-order valence-electron chi connectivity index (χ3n) is 4.33. The van der Waals surface area contributed by atoms with E-state index in [1.807, 2.05) is 12.3 Å². The summed E-state index contributed by atoms with van der Waals surface area (Å²) < 4.78 is 2.18. The number of nitrogens with zero attached hydrogens (tertiary/aromatic N) is 4. The van der Waals surface area contributed by atoms with Crippen molar-refractivity contribution in [1.29, 1.82) is 0 Å². The molecule has 3 heterocycles. The molecule has 4 nitrogen and oxygen atoms in total. The van der Waals surface area contributed by atoms with Gasteiger partial charge in [0.15, 0.2) is 10.8 Å². The lowest BCUT2D eigenvalue weighted by Crippen LogP contribution is -1.95. The topological polar surface area (TPSA) is 43.1 Å². The third kappa shape index (κ3) is 2.55. The van der Waals surface area contributed by atoms with E-state index in [2.05, 4.69) is 64.6 Å². The number of fused-ring (bicyclic) bond motifs is 3. The van der Waals surface area contributed by atoms with Crippen LogP contribution < -0.4 is 0 Å². The quantitative estimate of drug-likeness (QED) is 0.518. The van der Waals surface area contributed by atoms with Gasteiger partial charge in [0.05, 0.1) is 5.52 Å². The van der Waals surface area contributed by atoms with Gasteiger partial charge in [-0.1, -0.05) is 17.8 Å². The summed E-state index contributed by atoms with van der Waals surface area (Å²) in [6.07, 6.45) is 3.69. The van der Waals surface area contributed by atoms with Crippen LogP contribution in [0.5, 0.6) is 0 Å². The van der Waals surface area contributed by atoms with E-state index >= 15 is 0 Å². The van der Waals surface area contributed by atoms with Crippen molar-refractivity contribution in [3.05, 3.63) is 65.0 Å². The molecule has 0 saturated carbocycles. The van der Waals surface area contributed by atoms with Gasteiger partial charge < -0.3 is 0 Å². The van der Waals surface area contributed by atoms with E-state index in [0.717, 1.165) is 27.6 Å². The zero-order valence-electron chi connectivity index (χ0n) is 13.9. The second kappa shape index (κ2) is 5.91. The van der Waals surface area contributed by atoms with E-state index in [9.17, 15) is 0 Å². The molecular weight excluding hydrogens is 316 g/mol. The minimum atomic E-state index is 0.828. The van der Waals surface area contributed by atoms with Crippen LogP contribution in [-0.4, -0.2) is 19.6 Å². The number of benzene rings is 1. The highest BCUT2D eigenvalue weighted by Gasteiger charge is 2.13. The van der Waals surface area contributed by atoms with Crippen molar-refractivity contribution in [2.75, 3.05) is 0 Å². The lowest BCUT2D eigenvalue weighted by Gasteiger charge is -2.09. The van der Waals surface area contributed by atoms with Crippen molar-refractivity contribution in [1.82, 2.24) is 19.6 Å². The van der Waals surface area contributed by atoms with Gasteiger partial charge in [0, 0.05) is 18.1 Å². The second-order valence-corrected chi connectivity index (χ2v) is 7.06. The average Bonchev–Trinajstić information content (AvgIpc) is 3.01. The zero-order chi connectivity index (χ0) is 16.7. The summed E-state index contributed by atoms with van der Waals surface area (Å²) in [7, 11) is 0. The van der Waals surface area contributed by atoms with Crippen LogP contribution >= 0.6 is 11.8 Å². The number of aromatic nitrogens is 4. The van der Waals surface area contributed by atoms with Gasteiger partial charge in [0.1, 0.15) is 0 Å². The number of hydrogen-bond acceptors (Lipinski definition) is 4. The Morgan fingerprint density at radius 3 is 2.58 bits per heavy atom. The molecule has 0 radical (unpaired) electrons.